The second-order valence-corrected chi connectivity index (χ2v) is 16.4. The van der Waals surface area contributed by atoms with Crippen LogP contribution in [-0.4, -0.2) is 22.8 Å². The molecular weight excluding hydrogens is 472 g/mol. The standard InChI is InChI=1S/C34H54O4/c1-17-33(18-22(28(2,3)4)26(35)23(19-33)29(5,6)7)37-38-34(32(14,15)16)20-24(30(8,9)10)27(36)25(21-34)31(11,12)13/h18-21H,17H2,1-16H3. The number of allylic oxidation sites excluding steroid dienone is 4. The van der Waals surface area contributed by atoms with Crippen molar-refractivity contribution in [2.75, 3.05) is 0 Å². The summed E-state index contributed by atoms with van der Waals surface area (Å²) in [5.74, 6) is 0.128. The molecule has 4 nitrogen and oxygen atoms in total. The van der Waals surface area contributed by atoms with Crippen LogP contribution in [0.5, 0.6) is 0 Å². The van der Waals surface area contributed by atoms with Gasteiger partial charge >= 0.3 is 0 Å². The van der Waals surface area contributed by atoms with Gasteiger partial charge in [0, 0.05) is 27.7 Å². The third kappa shape index (κ3) is 6.33. The Morgan fingerprint density at radius 2 is 0.816 bits per heavy atom. The van der Waals surface area contributed by atoms with E-state index in [2.05, 4.69) is 104 Å². The number of hydrogen-bond acceptors (Lipinski definition) is 4. The van der Waals surface area contributed by atoms with Crippen LogP contribution < -0.4 is 0 Å². The van der Waals surface area contributed by atoms with Gasteiger partial charge in [-0.25, -0.2) is 9.78 Å². The van der Waals surface area contributed by atoms with Crippen LogP contribution in [0.4, 0.5) is 0 Å². The third-order valence-corrected chi connectivity index (χ3v) is 7.76. The van der Waals surface area contributed by atoms with Crippen molar-refractivity contribution < 1.29 is 19.4 Å². The second kappa shape index (κ2) is 9.70. The number of carbonyl (C=O) groups is 2. The molecule has 0 amide bonds. The van der Waals surface area contributed by atoms with E-state index in [9.17, 15) is 9.59 Å². The highest BCUT2D eigenvalue weighted by Gasteiger charge is 2.50. The molecule has 0 aromatic heterocycles. The fraction of sp³-hybridized carbons (Fsp3) is 0.706. The van der Waals surface area contributed by atoms with E-state index in [0.717, 1.165) is 22.3 Å². The van der Waals surface area contributed by atoms with E-state index in [1.165, 1.54) is 0 Å². The van der Waals surface area contributed by atoms with Crippen LogP contribution in [0.2, 0.25) is 0 Å². The summed E-state index contributed by atoms with van der Waals surface area (Å²) < 4.78 is 0. The first-order valence-corrected chi connectivity index (χ1v) is 14.1. The normalized spacial score (nSPS) is 21.1. The molecule has 0 aromatic rings. The van der Waals surface area contributed by atoms with E-state index in [4.69, 9.17) is 9.78 Å². The van der Waals surface area contributed by atoms with Gasteiger partial charge in [-0.3, -0.25) is 9.59 Å². The molecule has 4 heteroatoms. The predicted octanol–water partition coefficient (Wildman–Crippen LogP) is 8.92. The lowest BCUT2D eigenvalue weighted by molar-refractivity contribution is -0.389. The highest BCUT2D eigenvalue weighted by atomic mass is 17.2. The Hall–Kier alpha value is -1.78. The van der Waals surface area contributed by atoms with Gasteiger partial charge in [0.05, 0.1) is 0 Å². The largest absolute Gasteiger partial charge is 0.289 e. The van der Waals surface area contributed by atoms with E-state index in [1.54, 1.807) is 0 Å². The van der Waals surface area contributed by atoms with Gasteiger partial charge in [0.1, 0.15) is 11.2 Å². The molecule has 0 aromatic carbocycles. The van der Waals surface area contributed by atoms with Gasteiger partial charge in [-0.1, -0.05) is 111 Å². The summed E-state index contributed by atoms with van der Waals surface area (Å²) in [5, 5.41) is 0. The first-order valence-electron chi connectivity index (χ1n) is 14.1. The minimum absolute atomic E-state index is 0.0618. The smallest absolute Gasteiger partial charge is 0.185 e. The highest BCUT2D eigenvalue weighted by molar-refractivity contribution is 6.11. The highest BCUT2D eigenvalue weighted by Crippen LogP contribution is 2.49. The number of ketones is 2. The molecule has 2 aliphatic rings. The Kier molecular flexibility index (Phi) is 8.28. The molecule has 0 spiro atoms. The molecule has 0 fully saturated rings. The van der Waals surface area contributed by atoms with Gasteiger partial charge in [0.15, 0.2) is 11.6 Å². The van der Waals surface area contributed by atoms with Crippen molar-refractivity contribution in [2.45, 2.75) is 128 Å². The molecule has 2 rings (SSSR count). The van der Waals surface area contributed by atoms with Crippen molar-refractivity contribution in [1.82, 2.24) is 0 Å². The van der Waals surface area contributed by atoms with Crippen molar-refractivity contribution in [3.05, 3.63) is 46.6 Å². The van der Waals surface area contributed by atoms with Crippen molar-refractivity contribution in [3.8, 4) is 0 Å². The van der Waals surface area contributed by atoms with E-state index in [0.29, 0.717) is 6.42 Å². The summed E-state index contributed by atoms with van der Waals surface area (Å²) in [6.45, 7) is 33.1. The maximum atomic E-state index is 13.7. The Bertz CT molecular complexity index is 1020. The lowest BCUT2D eigenvalue weighted by atomic mass is 9.64. The van der Waals surface area contributed by atoms with Crippen molar-refractivity contribution >= 4 is 11.6 Å². The van der Waals surface area contributed by atoms with Gasteiger partial charge in [-0.05, 0) is 52.4 Å². The minimum atomic E-state index is -0.999. The summed E-state index contributed by atoms with van der Waals surface area (Å²) in [6, 6.07) is 0. The average Bonchev–Trinajstić information content (AvgIpc) is 2.70. The lowest BCUT2D eigenvalue weighted by Gasteiger charge is -2.46. The number of carbonyl (C=O) groups excluding carboxylic acids is 2. The van der Waals surface area contributed by atoms with Crippen LogP contribution in [0.15, 0.2) is 46.6 Å². The van der Waals surface area contributed by atoms with Crippen molar-refractivity contribution in [3.63, 3.8) is 0 Å². The van der Waals surface area contributed by atoms with E-state index in [1.807, 2.05) is 31.2 Å². The van der Waals surface area contributed by atoms with E-state index in [-0.39, 0.29) is 33.2 Å². The van der Waals surface area contributed by atoms with Gasteiger partial charge in [0.25, 0.3) is 0 Å². The van der Waals surface area contributed by atoms with Crippen LogP contribution in [0.3, 0.4) is 0 Å². The van der Waals surface area contributed by atoms with Crippen LogP contribution in [0, 0.1) is 27.1 Å². The SMILES string of the molecule is CCC1(OOC2(C(C)(C)C)C=C(C(C)(C)C)C(=O)C(C(C)(C)C)=C2)C=C(C(C)(C)C)C(=O)C(C(C)(C)C)=C1. The first-order chi connectivity index (χ1) is 16.7. The van der Waals surface area contributed by atoms with Gasteiger partial charge in [-0.15, -0.1) is 0 Å². The summed E-state index contributed by atoms with van der Waals surface area (Å²) in [6.07, 6.45) is 8.45. The van der Waals surface area contributed by atoms with Crippen LogP contribution in [0.25, 0.3) is 0 Å². The van der Waals surface area contributed by atoms with Crippen LogP contribution in [0.1, 0.15) is 117 Å². The molecule has 0 N–H and O–H groups in total. The Labute approximate surface area is 232 Å². The Morgan fingerprint density at radius 1 is 0.526 bits per heavy atom. The molecule has 0 unspecified atom stereocenters. The topological polar surface area (TPSA) is 52.6 Å². The number of hydrogen-bond donors (Lipinski definition) is 0. The van der Waals surface area contributed by atoms with E-state index < -0.39 is 16.6 Å². The molecule has 0 saturated heterocycles. The van der Waals surface area contributed by atoms with E-state index >= 15 is 0 Å². The molecule has 0 radical (unpaired) electrons. The zero-order valence-electron chi connectivity index (χ0n) is 27.1. The molecule has 0 bridgehead atoms. The number of Topliss-reactive ketones (excluding diaryl/α,β-unsaturated/α-hetero) is 2. The van der Waals surface area contributed by atoms with Gasteiger partial charge in [-0.2, -0.15) is 0 Å². The molecule has 0 heterocycles. The lowest BCUT2D eigenvalue weighted by Crippen LogP contribution is -2.49. The van der Waals surface area contributed by atoms with Crippen molar-refractivity contribution in [2.24, 2.45) is 27.1 Å². The molecule has 0 atom stereocenters. The number of rotatable bonds is 4. The first kappa shape index (κ1) is 32.4. The third-order valence-electron chi connectivity index (χ3n) is 7.76. The zero-order chi connectivity index (χ0) is 29.9. The minimum Gasteiger partial charge on any atom is -0.289 e. The molecular formula is C34H54O4. The van der Waals surface area contributed by atoms with Gasteiger partial charge < -0.3 is 0 Å². The van der Waals surface area contributed by atoms with Crippen LogP contribution in [-0.2, 0) is 19.4 Å². The summed E-state index contributed by atoms with van der Waals surface area (Å²) in [7, 11) is 0. The maximum Gasteiger partial charge on any atom is 0.185 e. The Morgan fingerprint density at radius 3 is 1.05 bits per heavy atom. The summed E-state index contributed by atoms with van der Waals surface area (Å²) in [4.78, 5) is 40.5. The molecule has 214 valence electrons. The Balaban J connectivity index is 2.81. The fourth-order valence-electron chi connectivity index (χ4n) is 4.85. The summed E-state index contributed by atoms with van der Waals surface area (Å²) >= 11 is 0. The predicted molar refractivity (Wildman–Crippen MR) is 158 cm³/mol. The fourth-order valence-corrected chi connectivity index (χ4v) is 4.85. The summed E-state index contributed by atoms with van der Waals surface area (Å²) in [5.41, 5.74) is -0.910. The molecule has 2 aliphatic carbocycles. The monoisotopic (exact) mass is 526 g/mol. The molecule has 38 heavy (non-hydrogen) atoms. The average molecular weight is 527 g/mol. The molecule has 0 aliphatic heterocycles. The molecule has 0 saturated carbocycles. The second-order valence-electron chi connectivity index (χ2n) is 16.4. The van der Waals surface area contributed by atoms with Crippen LogP contribution >= 0.6 is 0 Å². The quantitative estimate of drug-likeness (QED) is 0.271. The maximum absolute atomic E-state index is 13.7. The van der Waals surface area contributed by atoms with Gasteiger partial charge in [0.2, 0.25) is 0 Å². The zero-order valence-corrected chi connectivity index (χ0v) is 27.1. The van der Waals surface area contributed by atoms with Crippen molar-refractivity contribution in [1.29, 1.82) is 0 Å².